The molecule has 1 aliphatic heterocycles. The highest BCUT2D eigenvalue weighted by Crippen LogP contribution is 2.37. The molecule has 0 bridgehead atoms. The zero-order valence-electron chi connectivity index (χ0n) is 13.7. The van der Waals surface area contributed by atoms with Crippen molar-refractivity contribution in [3.63, 3.8) is 0 Å². The van der Waals surface area contributed by atoms with Gasteiger partial charge in [-0.1, -0.05) is 17.7 Å². The Bertz CT molecular complexity index is 930. The number of morpholine rings is 1. The van der Waals surface area contributed by atoms with E-state index in [1.54, 1.807) is 0 Å². The van der Waals surface area contributed by atoms with Crippen molar-refractivity contribution in [3.05, 3.63) is 35.7 Å². The second-order valence-corrected chi connectivity index (χ2v) is 6.95. The first-order chi connectivity index (χ1) is 12.3. The Morgan fingerprint density at radius 1 is 1.08 bits per heavy atom. The van der Waals surface area contributed by atoms with Gasteiger partial charge >= 0.3 is 0 Å². The number of nitrogens with zero attached hydrogens (tertiary/aromatic N) is 5. The maximum absolute atomic E-state index is 6.26. The summed E-state index contributed by atoms with van der Waals surface area (Å²) in [5, 5.41) is 0.454. The fourth-order valence-corrected chi connectivity index (χ4v) is 3.47. The van der Waals surface area contributed by atoms with Crippen molar-refractivity contribution in [2.75, 3.05) is 31.2 Å². The number of benzene rings is 1. The molecule has 0 radical (unpaired) electrons. The van der Waals surface area contributed by atoms with Crippen LogP contribution < -0.4 is 4.90 Å². The van der Waals surface area contributed by atoms with Crippen molar-refractivity contribution in [1.82, 2.24) is 19.5 Å². The molecule has 2 fully saturated rings. The summed E-state index contributed by atoms with van der Waals surface area (Å²) in [6, 6.07) is 8.73. The molecular formula is C18H18ClN5O. The standard InChI is InChI=1S/C18H18ClN5O/c19-17-10-14(21-18(22-17)23-5-7-25-8-6-23)12-1-4-16-15(9-12)20-11-24(16)13-2-3-13/h1,4,9-11,13H,2-3,5-8H2. The monoisotopic (exact) mass is 355 g/mol. The Kier molecular flexibility index (Phi) is 3.60. The summed E-state index contributed by atoms with van der Waals surface area (Å²) in [7, 11) is 0. The average Bonchev–Trinajstić information content (AvgIpc) is 3.41. The lowest BCUT2D eigenvalue weighted by molar-refractivity contribution is 0.122. The molecule has 3 heterocycles. The third kappa shape index (κ3) is 2.85. The molecule has 2 aliphatic rings. The van der Waals surface area contributed by atoms with Crippen LogP contribution in [0.4, 0.5) is 5.95 Å². The van der Waals surface area contributed by atoms with Crippen LogP contribution in [0.2, 0.25) is 5.15 Å². The lowest BCUT2D eigenvalue weighted by Gasteiger charge is -2.27. The molecule has 6 nitrogen and oxygen atoms in total. The van der Waals surface area contributed by atoms with Crippen molar-refractivity contribution >= 4 is 28.6 Å². The lowest BCUT2D eigenvalue weighted by Crippen LogP contribution is -2.37. The summed E-state index contributed by atoms with van der Waals surface area (Å²) >= 11 is 6.26. The quantitative estimate of drug-likeness (QED) is 0.674. The second kappa shape index (κ2) is 5.97. The van der Waals surface area contributed by atoms with E-state index in [4.69, 9.17) is 21.3 Å². The molecule has 5 rings (SSSR count). The van der Waals surface area contributed by atoms with Gasteiger partial charge in [-0.15, -0.1) is 0 Å². The molecule has 128 valence electrons. The van der Waals surface area contributed by atoms with Gasteiger partial charge in [0.1, 0.15) is 5.15 Å². The molecule has 2 aromatic heterocycles. The summed E-state index contributed by atoms with van der Waals surface area (Å²) < 4.78 is 7.67. The van der Waals surface area contributed by atoms with Crippen molar-refractivity contribution in [3.8, 4) is 11.3 Å². The summed E-state index contributed by atoms with van der Waals surface area (Å²) in [5.74, 6) is 0.661. The minimum atomic E-state index is 0.454. The number of imidazole rings is 1. The molecule has 1 aliphatic carbocycles. The molecule has 7 heteroatoms. The first-order valence-corrected chi connectivity index (χ1v) is 9.00. The number of halogens is 1. The topological polar surface area (TPSA) is 56.1 Å². The Morgan fingerprint density at radius 2 is 1.92 bits per heavy atom. The second-order valence-electron chi connectivity index (χ2n) is 6.56. The van der Waals surface area contributed by atoms with Crippen molar-refractivity contribution < 1.29 is 4.74 Å². The van der Waals surface area contributed by atoms with E-state index in [0.717, 1.165) is 29.9 Å². The van der Waals surface area contributed by atoms with E-state index < -0.39 is 0 Å². The number of hydrogen-bond donors (Lipinski definition) is 0. The predicted molar refractivity (Wildman–Crippen MR) is 97.1 cm³/mol. The zero-order valence-corrected chi connectivity index (χ0v) is 14.5. The molecule has 0 atom stereocenters. The van der Waals surface area contributed by atoms with Gasteiger partial charge in [-0.05, 0) is 25.0 Å². The van der Waals surface area contributed by atoms with Gasteiger partial charge in [0.25, 0.3) is 0 Å². The van der Waals surface area contributed by atoms with Gasteiger partial charge in [0.2, 0.25) is 5.95 Å². The minimum Gasteiger partial charge on any atom is -0.378 e. The fraction of sp³-hybridized carbons (Fsp3) is 0.389. The Hall–Kier alpha value is -2.18. The molecule has 1 saturated heterocycles. The normalized spacial score (nSPS) is 18.0. The molecule has 3 aromatic rings. The van der Waals surface area contributed by atoms with Crippen LogP contribution in [0.25, 0.3) is 22.3 Å². The first kappa shape index (κ1) is 15.1. The summed E-state index contributed by atoms with van der Waals surface area (Å²) in [5.41, 5.74) is 4.00. The molecule has 1 aromatic carbocycles. The highest BCUT2D eigenvalue weighted by Gasteiger charge is 2.25. The van der Waals surface area contributed by atoms with Gasteiger partial charge in [0.15, 0.2) is 0 Å². The molecule has 0 N–H and O–H groups in total. The van der Waals surface area contributed by atoms with Crippen LogP contribution in [0.15, 0.2) is 30.6 Å². The number of aromatic nitrogens is 4. The van der Waals surface area contributed by atoms with E-state index in [0.29, 0.717) is 30.4 Å². The molecule has 0 unspecified atom stereocenters. The molecule has 0 amide bonds. The van der Waals surface area contributed by atoms with Crippen molar-refractivity contribution in [1.29, 1.82) is 0 Å². The van der Waals surface area contributed by atoms with Crippen LogP contribution in [0.3, 0.4) is 0 Å². The minimum absolute atomic E-state index is 0.454. The maximum Gasteiger partial charge on any atom is 0.227 e. The predicted octanol–water partition coefficient (Wildman–Crippen LogP) is 3.32. The first-order valence-electron chi connectivity index (χ1n) is 8.62. The lowest BCUT2D eigenvalue weighted by atomic mass is 10.1. The number of anilines is 1. The van der Waals surface area contributed by atoms with Crippen LogP contribution in [-0.4, -0.2) is 45.8 Å². The van der Waals surface area contributed by atoms with Gasteiger partial charge in [-0.2, -0.15) is 0 Å². The number of ether oxygens (including phenoxy) is 1. The maximum atomic E-state index is 6.26. The number of hydrogen-bond acceptors (Lipinski definition) is 5. The largest absolute Gasteiger partial charge is 0.378 e. The van der Waals surface area contributed by atoms with E-state index in [9.17, 15) is 0 Å². The SMILES string of the molecule is Clc1cc(-c2ccc3c(c2)ncn3C2CC2)nc(N2CCOCC2)n1. The Labute approximate surface area is 150 Å². The van der Waals surface area contributed by atoms with Crippen LogP contribution in [0.1, 0.15) is 18.9 Å². The van der Waals surface area contributed by atoms with E-state index in [1.807, 2.05) is 12.4 Å². The van der Waals surface area contributed by atoms with Crippen LogP contribution in [0, 0.1) is 0 Å². The van der Waals surface area contributed by atoms with Crippen molar-refractivity contribution in [2.24, 2.45) is 0 Å². The Balaban J connectivity index is 1.53. The third-order valence-electron chi connectivity index (χ3n) is 4.79. The summed E-state index contributed by atoms with van der Waals surface area (Å²) in [6.07, 6.45) is 4.44. The zero-order chi connectivity index (χ0) is 16.8. The van der Waals surface area contributed by atoms with Gasteiger partial charge in [0, 0.05) is 30.8 Å². The highest BCUT2D eigenvalue weighted by molar-refractivity contribution is 6.29. The summed E-state index contributed by atoms with van der Waals surface area (Å²) in [6.45, 7) is 2.95. The average molecular weight is 356 g/mol. The smallest absolute Gasteiger partial charge is 0.227 e. The molecule has 25 heavy (non-hydrogen) atoms. The van der Waals surface area contributed by atoms with Gasteiger partial charge in [-0.3, -0.25) is 0 Å². The van der Waals surface area contributed by atoms with E-state index >= 15 is 0 Å². The molecule has 0 spiro atoms. The fourth-order valence-electron chi connectivity index (χ4n) is 3.29. The molecular weight excluding hydrogens is 338 g/mol. The van der Waals surface area contributed by atoms with Crippen LogP contribution in [0.5, 0.6) is 0 Å². The van der Waals surface area contributed by atoms with E-state index in [2.05, 4.69) is 37.6 Å². The van der Waals surface area contributed by atoms with Crippen LogP contribution >= 0.6 is 11.6 Å². The summed E-state index contributed by atoms with van der Waals surface area (Å²) in [4.78, 5) is 15.8. The number of rotatable bonds is 3. The number of fused-ring (bicyclic) bond motifs is 1. The van der Waals surface area contributed by atoms with Crippen LogP contribution in [-0.2, 0) is 4.74 Å². The van der Waals surface area contributed by atoms with Gasteiger partial charge < -0.3 is 14.2 Å². The molecule has 1 saturated carbocycles. The van der Waals surface area contributed by atoms with Crippen molar-refractivity contribution in [2.45, 2.75) is 18.9 Å². The highest BCUT2D eigenvalue weighted by atomic mass is 35.5. The third-order valence-corrected chi connectivity index (χ3v) is 4.98. The van der Waals surface area contributed by atoms with Gasteiger partial charge in [0.05, 0.1) is 36.3 Å². The van der Waals surface area contributed by atoms with E-state index in [1.165, 1.54) is 18.4 Å². The van der Waals surface area contributed by atoms with Gasteiger partial charge in [-0.25, -0.2) is 15.0 Å². The Morgan fingerprint density at radius 3 is 2.72 bits per heavy atom. The van der Waals surface area contributed by atoms with E-state index in [-0.39, 0.29) is 0 Å².